The second-order valence-corrected chi connectivity index (χ2v) is 4.39. The zero-order valence-corrected chi connectivity index (χ0v) is 10.1. The first-order chi connectivity index (χ1) is 6.60. The highest BCUT2D eigenvalue weighted by Gasteiger charge is 2.20. The normalized spacial score (nSPS) is 12.3. The summed E-state index contributed by atoms with van der Waals surface area (Å²) >= 11 is 4.61. The lowest BCUT2D eigenvalue weighted by Gasteiger charge is -2.05. The van der Waals surface area contributed by atoms with Gasteiger partial charge in [0.1, 0.15) is 6.04 Å². The number of carbonyl (C=O) groups is 1. The molecule has 0 aliphatic rings. The molecule has 0 amide bonds. The third-order valence-corrected chi connectivity index (χ3v) is 3.65. The number of carbonyl (C=O) groups excluding carboxylic acids is 1. The molecule has 0 saturated heterocycles. The van der Waals surface area contributed by atoms with Crippen molar-refractivity contribution in [3.05, 3.63) is 15.4 Å². The minimum atomic E-state index is -0.745. The van der Waals surface area contributed by atoms with E-state index in [4.69, 9.17) is 10.5 Å². The molecule has 1 rings (SSSR count). The first-order valence-electron chi connectivity index (χ1n) is 3.76. The van der Waals surface area contributed by atoms with Crippen molar-refractivity contribution < 1.29 is 14.3 Å². The minimum absolute atomic E-state index is 0.457. The summed E-state index contributed by atoms with van der Waals surface area (Å²) in [5, 5.41) is 0.694. The maximum atomic E-state index is 11.1. The first-order valence-corrected chi connectivity index (χ1v) is 5.37. The minimum Gasteiger partial charge on any atom is -0.486 e. The third-order valence-electron chi connectivity index (χ3n) is 1.62. The van der Waals surface area contributed by atoms with E-state index in [1.807, 2.05) is 0 Å². The molecule has 0 bridgehead atoms. The lowest BCUT2D eigenvalue weighted by Crippen LogP contribution is -2.21. The van der Waals surface area contributed by atoms with E-state index >= 15 is 0 Å². The van der Waals surface area contributed by atoms with Crippen LogP contribution in [0.25, 0.3) is 0 Å². The monoisotopic (exact) mass is 279 g/mol. The van der Waals surface area contributed by atoms with Gasteiger partial charge in [-0.1, -0.05) is 0 Å². The molecule has 1 unspecified atom stereocenters. The van der Waals surface area contributed by atoms with Gasteiger partial charge in [0.15, 0.2) is 5.06 Å². The molecule has 1 heterocycles. The van der Waals surface area contributed by atoms with Crippen LogP contribution in [-0.4, -0.2) is 20.2 Å². The summed E-state index contributed by atoms with van der Waals surface area (Å²) in [6.45, 7) is 0. The molecule has 1 atom stereocenters. The predicted molar refractivity (Wildman–Crippen MR) is 57.5 cm³/mol. The Kier molecular flexibility index (Phi) is 3.91. The zero-order chi connectivity index (χ0) is 10.7. The molecule has 78 valence electrons. The van der Waals surface area contributed by atoms with Gasteiger partial charge in [-0.25, -0.2) is 4.79 Å². The van der Waals surface area contributed by atoms with Gasteiger partial charge in [-0.3, -0.25) is 0 Å². The number of methoxy groups -OCH3 is 2. The van der Waals surface area contributed by atoms with Crippen LogP contribution in [0.1, 0.15) is 10.9 Å². The number of ether oxygens (including phenoxy) is 2. The molecule has 0 saturated carbocycles. The summed E-state index contributed by atoms with van der Waals surface area (Å²) in [6.07, 6.45) is 0. The van der Waals surface area contributed by atoms with E-state index in [-0.39, 0.29) is 0 Å². The van der Waals surface area contributed by atoms with Gasteiger partial charge in [0.25, 0.3) is 0 Å². The van der Waals surface area contributed by atoms with Crippen LogP contribution < -0.4 is 10.5 Å². The van der Waals surface area contributed by atoms with Crippen molar-refractivity contribution in [2.24, 2.45) is 5.73 Å². The number of hydrogen-bond donors (Lipinski definition) is 1. The van der Waals surface area contributed by atoms with Crippen molar-refractivity contribution in [3.63, 3.8) is 0 Å². The Bertz CT molecular complexity index is 339. The Hall–Kier alpha value is -0.590. The van der Waals surface area contributed by atoms with Gasteiger partial charge in [0.2, 0.25) is 0 Å². The Morgan fingerprint density at radius 2 is 2.29 bits per heavy atom. The summed E-state index contributed by atoms with van der Waals surface area (Å²) in [5.74, 6) is -0.457. The van der Waals surface area contributed by atoms with Gasteiger partial charge in [0.05, 0.1) is 18.7 Å². The second-order valence-electron chi connectivity index (χ2n) is 2.49. The predicted octanol–water partition coefficient (Wildman–Crippen LogP) is 1.69. The quantitative estimate of drug-likeness (QED) is 0.856. The number of hydrogen-bond acceptors (Lipinski definition) is 5. The molecule has 2 N–H and O–H groups in total. The van der Waals surface area contributed by atoms with Gasteiger partial charge in [-0.2, -0.15) is 0 Å². The van der Waals surface area contributed by atoms with E-state index in [0.29, 0.717) is 9.94 Å². The maximum absolute atomic E-state index is 11.1. The Balaban J connectivity index is 2.90. The van der Waals surface area contributed by atoms with Crippen LogP contribution in [0.15, 0.2) is 10.5 Å². The summed E-state index contributed by atoms with van der Waals surface area (Å²) in [6, 6.07) is 1.01. The number of esters is 1. The summed E-state index contributed by atoms with van der Waals surface area (Å²) in [5.41, 5.74) is 5.65. The molecule has 4 nitrogen and oxygen atoms in total. The van der Waals surface area contributed by atoms with Crippen LogP contribution in [0.5, 0.6) is 5.06 Å². The molecular weight excluding hydrogens is 270 g/mol. The SMILES string of the molecule is COC(=O)C(N)c1cc(Br)c(OC)s1. The van der Waals surface area contributed by atoms with Crippen LogP contribution >= 0.6 is 27.3 Å². The van der Waals surface area contributed by atoms with Crippen LogP contribution in [0.3, 0.4) is 0 Å². The van der Waals surface area contributed by atoms with Gasteiger partial charge in [0, 0.05) is 4.88 Å². The van der Waals surface area contributed by atoms with Crippen molar-refractivity contribution in [1.82, 2.24) is 0 Å². The van der Waals surface area contributed by atoms with Crippen LogP contribution in [-0.2, 0) is 9.53 Å². The van der Waals surface area contributed by atoms with Crippen molar-refractivity contribution in [3.8, 4) is 5.06 Å². The van der Waals surface area contributed by atoms with Crippen LogP contribution in [0, 0.1) is 0 Å². The lowest BCUT2D eigenvalue weighted by molar-refractivity contribution is -0.142. The highest BCUT2D eigenvalue weighted by molar-refractivity contribution is 9.10. The van der Waals surface area contributed by atoms with Crippen LogP contribution in [0.4, 0.5) is 0 Å². The number of halogens is 1. The Labute approximate surface area is 94.1 Å². The molecule has 1 aromatic heterocycles. The molecule has 1 aromatic rings. The highest BCUT2D eigenvalue weighted by atomic mass is 79.9. The fourth-order valence-electron chi connectivity index (χ4n) is 0.905. The van der Waals surface area contributed by atoms with E-state index in [1.54, 1.807) is 13.2 Å². The third kappa shape index (κ3) is 2.26. The fourth-order valence-corrected chi connectivity index (χ4v) is 2.56. The molecule has 0 radical (unpaired) electrons. The van der Waals surface area contributed by atoms with E-state index in [0.717, 1.165) is 4.47 Å². The van der Waals surface area contributed by atoms with Crippen molar-refractivity contribution >= 4 is 33.2 Å². The summed E-state index contributed by atoms with van der Waals surface area (Å²) < 4.78 is 10.4. The van der Waals surface area contributed by atoms with E-state index < -0.39 is 12.0 Å². The molecule has 0 spiro atoms. The van der Waals surface area contributed by atoms with Crippen molar-refractivity contribution in [2.75, 3.05) is 14.2 Å². The first kappa shape index (κ1) is 11.5. The van der Waals surface area contributed by atoms with Crippen molar-refractivity contribution in [1.29, 1.82) is 0 Å². The molecule has 0 fully saturated rings. The second kappa shape index (κ2) is 4.77. The summed E-state index contributed by atoms with van der Waals surface area (Å²) in [4.78, 5) is 11.8. The highest BCUT2D eigenvalue weighted by Crippen LogP contribution is 2.37. The smallest absolute Gasteiger partial charge is 0.328 e. The lowest BCUT2D eigenvalue weighted by atomic mass is 10.2. The number of thiophene rings is 1. The van der Waals surface area contributed by atoms with Crippen LogP contribution in [0.2, 0.25) is 0 Å². The summed E-state index contributed by atoms with van der Waals surface area (Å²) in [7, 11) is 2.87. The molecule has 6 heteroatoms. The average Bonchev–Trinajstić information content (AvgIpc) is 2.57. The standard InChI is InChI=1S/C8H10BrNO3S/c1-12-7(11)6(10)5-3-4(9)8(13-2)14-5/h3,6H,10H2,1-2H3. The Morgan fingerprint density at radius 3 is 2.71 bits per heavy atom. The topological polar surface area (TPSA) is 61.5 Å². The van der Waals surface area contributed by atoms with Crippen molar-refractivity contribution in [2.45, 2.75) is 6.04 Å². The van der Waals surface area contributed by atoms with E-state index in [2.05, 4.69) is 20.7 Å². The zero-order valence-electron chi connectivity index (χ0n) is 7.74. The molecular formula is C8H10BrNO3S. The Morgan fingerprint density at radius 1 is 1.64 bits per heavy atom. The molecule has 14 heavy (non-hydrogen) atoms. The molecule has 0 aliphatic heterocycles. The van der Waals surface area contributed by atoms with Gasteiger partial charge >= 0.3 is 5.97 Å². The van der Waals surface area contributed by atoms with E-state index in [1.165, 1.54) is 18.4 Å². The maximum Gasteiger partial charge on any atom is 0.328 e. The molecule has 0 aliphatic carbocycles. The number of nitrogens with two attached hydrogens (primary N) is 1. The average molecular weight is 280 g/mol. The van der Waals surface area contributed by atoms with Gasteiger partial charge in [-0.15, -0.1) is 11.3 Å². The van der Waals surface area contributed by atoms with Gasteiger partial charge < -0.3 is 15.2 Å². The van der Waals surface area contributed by atoms with E-state index in [9.17, 15) is 4.79 Å². The number of rotatable bonds is 3. The largest absolute Gasteiger partial charge is 0.486 e. The van der Waals surface area contributed by atoms with Gasteiger partial charge in [-0.05, 0) is 22.0 Å². The molecule has 0 aromatic carbocycles. The fraction of sp³-hybridized carbons (Fsp3) is 0.375.